The van der Waals surface area contributed by atoms with E-state index in [0.29, 0.717) is 19.3 Å². The van der Waals surface area contributed by atoms with Gasteiger partial charge in [0.15, 0.2) is 0 Å². The van der Waals surface area contributed by atoms with Crippen molar-refractivity contribution >= 4 is 17.4 Å². The van der Waals surface area contributed by atoms with Gasteiger partial charge in [0.2, 0.25) is 0 Å². The molecule has 0 radical (unpaired) electrons. The van der Waals surface area contributed by atoms with Crippen LogP contribution in [0.4, 0.5) is 5.69 Å². The summed E-state index contributed by atoms with van der Waals surface area (Å²) in [6, 6.07) is 17.0. The molecule has 2 aromatic rings. The standard InChI is InChI=1S/C17H19NO2S/c1-19-9-10-20-14-6-4-5-13(11-14)18-16-12-21-17-8-3-2-7-15(16)17/h2-8,11,16,18H,9-10,12H2,1H3. The quantitative estimate of drug-likeness (QED) is 0.818. The van der Waals surface area contributed by atoms with E-state index in [1.807, 2.05) is 30.0 Å². The van der Waals surface area contributed by atoms with Gasteiger partial charge in [-0.3, -0.25) is 0 Å². The van der Waals surface area contributed by atoms with Crippen molar-refractivity contribution in [3.8, 4) is 5.75 Å². The molecule has 0 saturated carbocycles. The third-order valence-corrected chi connectivity index (χ3v) is 4.61. The lowest BCUT2D eigenvalue weighted by Crippen LogP contribution is -2.10. The van der Waals surface area contributed by atoms with Crippen LogP contribution in [0.25, 0.3) is 0 Å². The molecule has 21 heavy (non-hydrogen) atoms. The number of hydrogen-bond donors (Lipinski definition) is 1. The van der Waals surface area contributed by atoms with E-state index in [4.69, 9.17) is 9.47 Å². The van der Waals surface area contributed by atoms with Gasteiger partial charge in [-0.25, -0.2) is 0 Å². The smallest absolute Gasteiger partial charge is 0.121 e. The Bertz CT molecular complexity index is 603. The third kappa shape index (κ3) is 3.52. The van der Waals surface area contributed by atoms with Gasteiger partial charge in [-0.15, -0.1) is 11.8 Å². The summed E-state index contributed by atoms with van der Waals surface area (Å²) in [5, 5.41) is 3.60. The summed E-state index contributed by atoms with van der Waals surface area (Å²) in [6.45, 7) is 1.17. The van der Waals surface area contributed by atoms with Crippen LogP contribution in [0.2, 0.25) is 0 Å². The maximum Gasteiger partial charge on any atom is 0.121 e. The fourth-order valence-electron chi connectivity index (χ4n) is 2.40. The van der Waals surface area contributed by atoms with Gasteiger partial charge in [-0.2, -0.15) is 0 Å². The molecule has 2 aromatic carbocycles. The second kappa shape index (κ2) is 6.87. The first-order valence-electron chi connectivity index (χ1n) is 7.07. The second-order valence-corrected chi connectivity index (χ2v) is 5.98. The van der Waals surface area contributed by atoms with E-state index in [1.165, 1.54) is 10.5 Å². The largest absolute Gasteiger partial charge is 0.491 e. The lowest BCUT2D eigenvalue weighted by molar-refractivity contribution is 0.146. The van der Waals surface area contributed by atoms with E-state index >= 15 is 0 Å². The van der Waals surface area contributed by atoms with Crippen molar-refractivity contribution in [3.63, 3.8) is 0 Å². The van der Waals surface area contributed by atoms with Crippen molar-refractivity contribution in [2.45, 2.75) is 10.9 Å². The van der Waals surface area contributed by atoms with Crippen LogP contribution in [0, 0.1) is 0 Å². The van der Waals surface area contributed by atoms with Gasteiger partial charge in [0, 0.05) is 29.5 Å². The van der Waals surface area contributed by atoms with Crippen molar-refractivity contribution in [2.75, 3.05) is 31.4 Å². The topological polar surface area (TPSA) is 30.5 Å². The summed E-state index contributed by atoms with van der Waals surface area (Å²) in [5.41, 5.74) is 2.47. The predicted molar refractivity (Wildman–Crippen MR) is 87.3 cm³/mol. The van der Waals surface area contributed by atoms with Gasteiger partial charge in [0.1, 0.15) is 12.4 Å². The van der Waals surface area contributed by atoms with Crippen LogP contribution in [-0.4, -0.2) is 26.1 Å². The molecule has 0 spiro atoms. The van der Waals surface area contributed by atoms with Gasteiger partial charge in [0.05, 0.1) is 12.6 Å². The fourth-order valence-corrected chi connectivity index (χ4v) is 3.56. The highest BCUT2D eigenvalue weighted by Crippen LogP contribution is 2.39. The van der Waals surface area contributed by atoms with E-state index in [0.717, 1.165) is 17.2 Å². The van der Waals surface area contributed by atoms with Crippen LogP contribution in [0.5, 0.6) is 5.75 Å². The molecule has 1 N–H and O–H groups in total. The molecule has 1 aliphatic rings. The summed E-state index contributed by atoms with van der Waals surface area (Å²) in [4.78, 5) is 1.38. The minimum Gasteiger partial charge on any atom is -0.491 e. The number of ether oxygens (including phenoxy) is 2. The Morgan fingerprint density at radius 2 is 2.05 bits per heavy atom. The van der Waals surface area contributed by atoms with Crippen molar-refractivity contribution in [3.05, 3.63) is 54.1 Å². The Kier molecular flexibility index (Phi) is 4.68. The van der Waals surface area contributed by atoms with Crippen LogP contribution in [0.1, 0.15) is 11.6 Å². The normalized spacial score (nSPS) is 16.5. The number of nitrogens with one attached hydrogen (secondary N) is 1. The number of thioether (sulfide) groups is 1. The molecule has 0 amide bonds. The van der Waals surface area contributed by atoms with Gasteiger partial charge < -0.3 is 14.8 Å². The Morgan fingerprint density at radius 3 is 2.95 bits per heavy atom. The molecule has 0 fully saturated rings. The number of rotatable bonds is 6. The van der Waals surface area contributed by atoms with E-state index in [2.05, 4.69) is 35.6 Å². The molecule has 0 aliphatic carbocycles. The van der Waals surface area contributed by atoms with Gasteiger partial charge >= 0.3 is 0 Å². The van der Waals surface area contributed by atoms with Gasteiger partial charge in [-0.05, 0) is 23.8 Å². The molecular weight excluding hydrogens is 282 g/mol. The molecule has 110 valence electrons. The highest BCUT2D eigenvalue weighted by atomic mass is 32.2. The summed E-state index contributed by atoms with van der Waals surface area (Å²) in [6.07, 6.45) is 0. The van der Waals surface area contributed by atoms with Crippen LogP contribution in [0.3, 0.4) is 0 Å². The minimum atomic E-state index is 0.362. The highest BCUT2D eigenvalue weighted by molar-refractivity contribution is 7.99. The number of methoxy groups -OCH3 is 1. The van der Waals surface area contributed by atoms with Gasteiger partial charge in [0.25, 0.3) is 0 Å². The molecule has 1 atom stereocenters. The van der Waals surface area contributed by atoms with Crippen molar-refractivity contribution in [1.82, 2.24) is 0 Å². The predicted octanol–water partition coefficient (Wildman–Crippen LogP) is 3.97. The zero-order valence-electron chi connectivity index (χ0n) is 12.0. The highest BCUT2D eigenvalue weighted by Gasteiger charge is 2.22. The molecular formula is C17H19NO2S. The Hall–Kier alpha value is -1.65. The van der Waals surface area contributed by atoms with Gasteiger partial charge in [-0.1, -0.05) is 24.3 Å². The molecule has 1 unspecified atom stereocenters. The first kappa shape index (κ1) is 14.3. The lowest BCUT2D eigenvalue weighted by atomic mass is 10.1. The van der Waals surface area contributed by atoms with Crippen molar-refractivity contribution in [1.29, 1.82) is 0 Å². The second-order valence-electron chi connectivity index (χ2n) is 4.91. The van der Waals surface area contributed by atoms with E-state index in [1.54, 1.807) is 7.11 Å². The molecule has 0 bridgehead atoms. The average molecular weight is 301 g/mol. The molecule has 0 aromatic heterocycles. The van der Waals surface area contributed by atoms with E-state index in [-0.39, 0.29) is 0 Å². The minimum absolute atomic E-state index is 0.362. The van der Waals surface area contributed by atoms with E-state index < -0.39 is 0 Å². The first-order chi connectivity index (χ1) is 10.4. The SMILES string of the molecule is COCCOc1cccc(NC2CSc3ccccc32)c1. The van der Waals surface area contributed by atoms with Crippen LogP contribution >= 0.6 is 11.8 Å². The van der Waals surface area contributed by atoms with Crippen LogP contribution in [-0.2, 0) is 4.74 Å². The lowest BCUT2D eigenvalue weighted by Gasteiger charge is -2.15. The van der Waals surface area contributed by atoms with Crippen molar-refractivity contribution < 1.29 is 9.47 Å². The van der Waals surface area contributed by atoms with Crippen molar-refractivity contribution in [2.24, 2.45) is 0 Å². The molecule has 3 nitrogen and oxygen atoms in total. The van der Waals surface area contributed by atoms with Crippen LogP contribution < -0.4 is 10.1 Å². The third-order valence-electron chi connectivity index (χ3n) is 3.43. The maximum atomic E-state index is 5.65. The average Bonchev–Trinajstić information content (AvgIpc) is 2.91. The first-order valence-corrected chi connectivity index (χ1v) is 8.05. The summed E-state index contributed by atoms with van der Waals surface area (Å²) < 4.78 is 10.6. The van der Waals surface area contributed by atoms with E-state index in [9.17, 15) is 0 Å². The Morgan fingerprint density at radius 1 is 1.14 bits per heavy atom. The number of benzene rings is 2. The maximum absolute atomic E-state index is 5.65. The van der Waals surface area contributed by atoms with Crippen LogP contribution in [0.15, 0.2) is 53.4 Å². The number of fused-ring (bicyclic) bond motifs is 1. The zero-order chi connectivity index (χ0) is 14.5. The monoisotopic (exact) mass is 301 g/mol. The summed E-state index contributed by atoms with van der Waals surface area (Å²) in [7, 11) is 1.68. The molecule has 4 heteroatoms. The molecule has 0 saturated heterocycles. The Balaban J connectivity index is 1.67. The number of hydrogen-bond acceptors (Lipinski definition) is 4. The number of anilines is 1. The molecule has 1 heterocycles. The summed E-state index contributed by atoms with van der Waals surface area (Å²) >= 11 is 1.91. The molecule has 1 aliphatic heterocycles. The molecule has 3 rings (SSSR count). The zero-order valence-corrected chi connectivity index (χ0v) is 12.9. The summed E-state index contributed by atoms with van der Waals surface area (Å²) in [5.74, 6) is 1.93. The Labute approximate surface area is 129 Å². The fraction of sp³-hybridized carbons (Fsp3) is 0.294.